The summed E-state index contributed by atoms with van der Waals surface area (Å²) in [4.78, 5) is 0. The molecular weight excluding hydrogens is 246 g/mol. The van der Waals surface area contributed by atoms with E-state index in [4.69, 9.17) is 0 Å². The second-order valence-corrected chi connectivity index (χ2v) is 5.47. The van der Waals surface area contributed by atoms with E-state index < -0.39 is 0 Å². The molecular formula is C17H19N3. The van der Waals surface area contributed by atoms with E-state index in [1.807, 2.05) is 22.9 Å². The summed E-state index contributed by atoms with van der Waals surface area (Å²) in [6, 6.07) is 10.4. The van der Waals surface area contributed by atoms with Crippen molar-refractivity contribution in [1.29, 1.82) is 0 Å². The first-order chi connectivity index (χ1) is 9.58. The van der Waals surface area contributed by atoms with Crippen LogP contribution in [0.2, 0.25) is 0 Å². The monoisotopic (exact) mass is 265 g/mol. The van der Waals surface area contributed by atoms with E-state index in [9.17, 15) is 0 Å². The molecule has 0 spiro atoms. The van der Waals surface area contributed by atoms with Gasteiger partial charge in [0.25, 0.3) is 0 Å². The minimum absolute atomic E-state index is 0.778. The van der Waals surface area contributed by atoms with Crippen molar-refractivity contribution < 1.29 is 0 Å². The molecule has 3 nitrogen and oxygen atoms in total. The van der Waals surface area contributed by atoms with E-state index in [-0.39, 0.29) is 0 Å². The van der Waals surface area contributed by atoms with Gasteiger partial charge in [0.05, 0.1) is 12.1 Å². The van der Waals surface area contributed by atoms with Crippen LogP contribution < -0.4 is 0 Å². The third kappa shape index (κ3) is 1.99. The van der Waals surface area contributed by atoms with Crippen molar-refractivity contribution in [3.8, 4) is 0 Å². The standard InChI is InChI=1S/C17H19N3/c1-11-9-12(2)14(4)15(13(11)3)10-20-17-8-6-5-7-16(17)18-19-20/h5-9H,10H2,1-4H3. The number of aromatic nitrogens is 3. The molecule has 0 aliphatic rings. The van der Waals surface area contributed by atoms with Gasteiger partial charge in [0, 0.05) is 0 Å². The number of hydrogen-bond acceptors (Lipinski definition) is 2. The summed E-state index contributed by atoms with van der Waals surface area (Å²) in [6.45, 7) is 9.50. The van der Waals surface area contributed by atoms with Crippen LogP contribution in [0.4, 0.5) is 0 Å². The second-order valence-electron chi connectivity index (χ2n) is 5.47. The minimum atomic E-state index is 0.778. The highest BCUT2D eigenvalue weighted by Crippen LogP contribution is 2.23. The molecule has 0 atom stereocenters. The molecule has 0 N–H and O–H groups in total. The average Bonchev–Trinajstić information content (AvgIpc) is 2.85. The van der Waals surface area contributed by atoms with Gasteiger partial charge in [-0.1, -0.05) is 23.4 Å². The lowest BCUT2D eigenvalue weighted by Gasteiger charge is -2.15. The molecule has 0 aliphatic carbocycles. The van der Waals surface area contributed by atoms with Gasteiger partial charge in [-0.25, -0.2) is 4.68 Å². The maximum atomic E-state index is 4.30. The molecule has 3 rings (SSSR count). The van der Waals surface area contributed by atoms with Crippen LogP contribution in [-0.4, -0.2) is 15.0 Å². The summed E-state index contributed by atoms with van der Waals surface area (Å²) >= 11 is 0. The van der Waals surface area contributed by atoms with Crippen molar-refractivity contribution in [1.82, 2.24) is 15.0 Å². The number of rotatable bonds is 2. The van der Waals surface area contributed by atoms with Crippen molar-refractivity contribution in [3.63, 3.8) is 0 Å². The Kier molecular flexibility index (Phi) is 3.05. The third-order valence-electron chi connectivity index (χ3n) is 4.25. The van der Waals surface area contributed by atoms with Crippen molar-refractivity contribution in [2.75, 3.05) is 0 Å². The van der Waals surface area contributed by atoms with E-state index in [0.29, 0.717) is 0 Å². The molecule has 0 saturated heterocycles. The molecule has 1 aromatic heterocycles. The Hall–Kier alpha value is -2.16. The van der Waals surface area contributed by atoms with Crippen molar-refractivity contribution in [2.24, 2.45) is 0 Å². The van der Waals surface area contributed by atoms with Gasteiger partial charge in [-0.15, -0.1) is 5.10 Å². The lowest BCUT2D eigenvalue weighted by Crippen LogP contribution is -2.07. The van der Waals surface area contributed by atoms with Crippen LogP contribution in [0.25, 0.3) is 11.0 Å². The molecule has 0 unspecified atom stereocenters. The van der Waals surface area contributed by atoms with Crippen LogP contribution in [0, 0.1) is 27.7 Å². The summed E-state index contributed by atoms with van der Waals surface area (Å²) in [6.07, 6.45) is 0. The molecule has 0 radical (unpaired) electrons. The fraction of sp³-hybridized carbons (Fsp3) is 0.294. The summed E-state index contributed by atoms with van der Waals surface area (Å²) in [5.41, 5.74) is 8.79. The zero-order chi connectivity index (χ0) is 14.3. The topological polar surface area (TPSA) is 30.7 Å². The highest BCUT2D eigenvalue weighted by molar-refractivity contribution is 5.74. The summed E-state index contributed by atoms with van der Waals surface area (Å²) in [7, 11) is 0. The van der Waals surface area contributed by atoms with Crippen LogP contribution >= 0.6 is 0 Å². The highest BCUT2D eigenvalue weighted by atomic mass is 15.4. The molecule has 0 saturated carbocycles. The minimum Gasteiger partial charge on any atom is -0.240 e. The Morgan fingerprint density at radius 1 is 0.950 bits per heavy atom. The predicted octanol–water partition coefficient (Wildman–Crippen LogP) is 3.71. The van der Waals surface area contributed by atoms with E-state index in [1.165, 1.54) is 27.8 Å². The zero-order valence-corrected chi connectivity index (χ0v) is 12.4. The van der Waals surface area contributed by atoms with E-state index >= 15 is 0 Å². The van der Waals surface area contributed by atoms with Crippen LogP contribution in [0.1, 0.15) is 27.8 Å². The molecule has 0 amide bonds. The van der Waals surface area contributed by atoms with E-state index in [0.717, 1.165) is 17.6 Å². The number of aryl methyl sites for hydroxylation is 2. The molecule has 0 bridgehead atoms. The first kappa shape index (κ1) is 12.9. The van der Waals surface area contributed by atoms with Gasteiger partial charge in [-0.05, 0) is 67.6 Å². The summed E-state index contributed by atoms with van der Waals surface area (Å²) in [5.74, 6) is 0. The van der Waals surface area contributed by atoms with Crippen LogP contribution in [0.3, 0.4) is 0 Å². The van der Waals surface area contributed by atoms with Crippen LogP contribution in [-0.2, 0) is 6.54 Å². The smallest absolute Gasteiger partial charge is 0.113 e. The zero-order valence-electron chi connectivity index (χ0n) is 12.4. The maximum absolute atomic E-state index is 4.30. The third-order valence-corrected chi connectivity index (χ3v) is 4.25. The van der Waals surface area contributed by atoms with E-state index in [2.05, 4.69) is 50.1 Å². The van der Waals surface area contributed by atoms with Gasteiger partial charge in [-0.2, -0.15) is 0 Å². The van der Waals surface area contributed by atoms with E-state index in [1.54, 1.807) is 0 Å². The van der Waals surface area contributed by atoms with Gasteiger partial charge in [0.2, 0.25) is 0 Å². The van der Waals surface area contributed by atoms with Crippen molar-refractivity contribution in [3.05, 3.63) is 58.1 Å². The Morgan fingerprint density at radius 2 is 1.60 bits per heavy atom. The largest absolute Gasteiger partial charge is 0.240 e. The Labute approximate surface area is 119 Å². The van der Waals surface area contributed by atoms with Crippen molar-refractivity contribution in [2.45, 2.75) is 34.2 Å². The number of benzene rings is 2. The second kappa shape index (κ2) is 4.75. The predicted molar refractivity (Wildman–Crippen MR) is 82.0 cm³/mol. The Bertz CT molecular complexity index is 758. The lowest BCUT2D eigenvalue weighted by molar-refractivity contribution is 0.664. The quantitative estimate of drug-likeness (QED) is 0.707. The van der Waals surface area contributed by atoms with Gasteiger partial charge < -0.3 is 0 Å². The first-order valence-corrected chi connectivity index (χ1v) is 6.92. The van der Waals surface area contributed by atoms with Crippen LogP contribution in [0.5, 0.6) is 0 Å². The van der Waals surface area contributed by atoms with Gasteiger partial charge in [-0.3, -0.25) is 0 Å². The molecule has 3 heteroatoms. The van der Waals surface area contributed by atoms with Crippen LogP contribution in [0.15, 0.2) is 30.3 Å². The molecule has 1 heterocycles. The molecule has 3 aromatic rings. The molecule has 0 fully saturated rings. The number of nitrogens with zero attached hydrogens (tertiary/aromatic N) is 3. The fourth-order valence-corrected chi connectivity index (χ4v) is 2.72. The SMILES string of the molecule is Cc1cc(C)c(C)c(Cn2nnc3ccccc32)c1C. The maximum Gasteiger partial charge on any atom is 0.113 e. The lowest BCUT2D eigenvalue weighted by atomic mass is 9.94. The molecule has 102 valence electrons. The highest BCUT2D eigenvalue weighted by Gasteiger charge is 2.11. The number of para-hydroxylation sites is 1. The Balaban J connectivity index is 2.12. The fourth-order valence-electron chi connectivity index (χ4n) is 2.72. The summed E-state index contributed by atoms with van der Waals surface area (Å²) < 4.78 is 1.99. The van der Waals surface area contributed by atoms with Gasteiger partial charge in [0.1, 0.15) is 5.52 Å². The molecule has 20 heavy (non-hydrogen) atoms. The van der Waals surface area contributed by atoms with Gasteiger partial charge in [0.15, 0.2) is 0 Å². The van der Waals surface area contributed by atoms with Crippen molar-refractivity contribution >= 4 is 11.0 Å². The number of fused-ring (bicyclic) bond motifs is 1. The normalized spacial score (nSPS) is 11.2. The molecule has 0 aliphatic heterocycles. The summed E-state index contributed by atoms with van der Waals surface area (Å²) in [5, 5.41) is 8.53. The van der Waals surface area contributed by atoms with Gasteiger partial charge >= 0.3 is 0 Å². The Morgan fingerprint density at radius 3 is 2.30 bits per heavy atom. The molecule has 2 aromatic carbocycles. The number of hydrogen-bond donors (Lipinski definition) is 0. The average molecular weight is 265 g/mol. The first-order valence-electron chi connectivity index (χ1n) is 6.92.